The van der Waals surface area contributed by atoms with E-state index < -0.39 is 5.91 Å². The van der Waals surface area contributed by atoms with E-state index in [1.807, 2.05) is 18.2 Å². The molecule has 0 saturated carbocycles. The number of carbonyl (C=O) groups excluding carboxylic acids is 2. The molecule has 0 bridgehead atoms. The van der Waals surface area contributed by atoms with Crippen LogP contribution in [0.4, 0.5) is 0 Å². The minimum absolute atomic E-state index is 0.127. The third-order valence-electron chi connectivity index (χ3n) is 3.62. The van der Waals surface area contributed by atoms with Gasteiger partial charge in [-0.1, -0.05) is 24.3 Å². The first-order valence-corrected chi connectivity index (χ1v) is 6.76. The maximum atomic E-state index is 11.2. The van der Waals surface area contributed by atoms with Gasteiger partial charge in [-0.15, -0.1) is 0 Å². The van der Waals surface area contributed by atoms with Crippen molar-refractivity contribution in [1.29, 1.82) is 0 Å². The molecule has 2 aromatic carbocycles. The number of H-pyrrole nitrogens is 1. The average molecular weight is 294 g/mol. The third-order valence-corrected chi connectivity index (χ3v) is 3.62. The second-order valence-electron chi connectivity index (χ2n) is 5.13. The Kier molecular flexibility index (Phi) is 3.39. The van der Waals surface area contributed by atoms with Crippen LogP contribution in [0.5, 0.6) is 5.88 Å². The lowest BCUT2D eigenvalue weighted by Gasteiger charge is -2.04. The van der Waals surface area contributed by atoms with Gasteiger partial charge < -0.3 is 15.8 Å². The molecule has 3 rings (SSSR count). The zero-order valence-corrected chi connectivity index (χ0v) is 11.7. The Morgan fingerprint density at radius 3 is 2.68 bits per heavy atom. The van der Waals surface area contributed by atoms with Crippen LogP contribution in [0.1, 0.15) is 31.8 Å². The summed E-state index contributed by atoms with van der Waals surface area (Å²) in [4.78, 5) is 24.9. The number of benzene rings is 2. The zero-order chi connectivity index (χ0) is 15.7. The molecule has 1 aromatic heterocycles. The summed E-state index contributed by atoms with van der Waals surface area (Å²) < 4.78 is 0. The van der Waals surface area contributed by atoms with Crippen LogP contribution in [0.3, 0.4) is 0 Å². The van der Waals surface area contributed by atoms with Crippen molar-refractivity contribution >= 4 is 23.1 Å². The number of nitrogens with two attached hydrogens (primary N) is 1. The monoisotopic (exact) mass is 294 g/mol. The van der Waals surface area contributed by atoms with E-state index in [1.165, 1.54) is 0 Å². The van der Waals surface area contributed by atoms with E-state index in [9.17, 15) is 14.7 Å². The number of aldehydes is 1. The number of hydrogen-bond acceptors (Lipinski definition) is 3. The van der Waals surface area contributed by atoms with Crippen molar-refractivity contribution in [3.8, 4) is 5.88 Å². The SMILES string of the molecule is NC(=O)c1cccc(Cc2ccc3c(C=O)c(O)[nH]c3c2)c1. The second kappa shape index (κ2) is 5.37. The van der Waals surface area contributed by atoms with Crippen LogP contribution >= 0.6 is 0 Å². The Morgan fingerprint density at radius 1 is 1.18 bits per heavy atom. The lowest BCUT2D eigenvalue weighted by Crippen LogP contribution is -2.11. The number of fused-ring (bicyclic) bond motifs is 1. The van der Waals surface area contributed by atoms with Crippen LogP contribution in [-0.4, -0.2) is 22.3 Å². The van der Waals surface area contributed by atoms with Gasteiger partial charge in [0.05, 0.1) is 5.56 Å². The van der Waals surface area contributed by atoms with Crippen molar-refractivity contribution in [3.05, 3.63) is 64.7 Å². The van der Waals surface area contributed by atoms with Crippen molar-refractivity contribution in [3.63, 3.8) is 0 Å². The topological polar surface area (TPSA) is 96.2 Å². The maximum Gasteiger partial charge on any atom is 0.248 e. The van der Waals surface area contributed by atoms with E-state index in [-0.39, 0.29) is 11.4 Å². The van der Waals surface area contributed by atoms with E-state index in [0.29, 0.717) is 29.2 Å². The van der Waals surface area contributed by atoms with Gasteiger partial charge in [-0.05, 0) is 35.7 Å². The average Bonchev–Trinajstić information content (AvgIpc) is 2.81. The van der Waals surface area contributed by atoms with Gasteiger partial charge in [0.1, 0.15) is 0 Å². The van der Waals surface area contributed by atoms with Gasteiger partial charge in [-0.2, -0.15) is 0 Å². The number of aromatic amines is 1. The first-order valence-electron chi connectivity index (χ1n) is 6.76. The maximum absolute atomic E-state index is 11.2. The van der Waals surface area contributed by atoms with Crippen molar-refractivity contribution in [2.24, 2.45) is 5.73 Å². The van der Waals surface area contributed by atoms with Crippen molar-refractivity contribution in [2.45, 2.75) is 6.42 Å². The highest BCUT2D eigenvalue weighted by Gasteiger charge is 2.10. The first kappa shape index (κ1) is 13.9. The molecular weight excluding hydrogens is 280 g/mol. The fourth-order valence-corrected chi connectivity index (χ4v) is 2.55. The predicted octanol–water partition coefficient (Wildman–Crippen LogP) is 2.38. The quantitative estimate of drug-likeness (QED) is 0.644. The Hall–Kier alpha value is -3.08. The number of nitrogens with one attached hydrogen (secondary N) is 1. The molecule has 0 spiro atoms. The van der Waals surface area contributed by atoms with Crippen molar-refractivity contribution in [2.75, 3.05) is 0 Å². The first-order chi connectivity index (χ1) is 10.6. The number of hydrogen-bond donors (Lipinski definition) is 3. The molecule has 3 aromatic rings. The van der Waals surface area contributed by atoms with Crippen LogP contribution in [0.25, 0.3) is 10.9 Å². The molecular formula is C17H14N2O3. The molecule has 0 aliphatic rings. The third kappa shape index (κ3) is 2.44. The number of rotatable bonds is 4. The van der Waals surface area contributed by atoms with Crippen LogP contribution in [0, 0.1) is 0 Å². The van der Waals surface area contributed by atoms with Gasteiger partial charge in [0, 0.05) is 16.5 Å². The standard InChI is InChI=1S/C17H14N2O3/c18-16(21)12-3-1-2-10(7-12)6-11-4-5-13-14(9-20)17(22)19-15(13)8-11/h1-5,7-9,19,22H,6H2,(H2,18,21). The van der Waals surface area contributed by atoms with Gasteiger partial charge in [0.25, 0.3) is 0 Å². The molecule has 0 saturated heterocycles. The molecule has 0 aliphatic heterocycles. The summed E-state index contributed by atoms with van der Waals surface area (Å²) in [5.74, 6) is -0.583. The number of aromatic hydroxyl groups is 1. The van der Waals surface area contributed by atoms with Gasteiger partial charge >= 0.3 is 0 Å². The van der Waals surface area contributed by atoms with E-state index in [4.69, 9.17) is 5.73 Å². The second-order valence-corrected chi connectivity index (χ2v) is 5.13. The number of carbonyl (C=O) groups is 2. The summed E-state index contributed by atoms with van der Waals surface area (Å²) in [6.45, 7) is 0. The highest BCUT2D eigenvalue weighted by molar-refractivity contribution is 6.00. The molecule has 0 fully saturated rings. The molecule has 1 amide bonds. The molecule has 0 radical (unpaired) electrons. The molecule has 0 unspecified atom stereocenters. The summed E-state index contributed by atoms with van der Waals surface area (Å²) >= 11 is 0. The van der Waals surface area contributed by atoms with E-state index in [2.05, 4.69) is 4.98 Å². The normalized spacial score (nSPS) is 10.7. The smallest absolute Gasteiger partial charge is 0.248 e. The number of amides is 1. The zero-order valence-electron chi connectivity index (χ0n) is 11.7. The van der Waals surface area contributed by atoms with Gasteiger partial charge in [0.2, 0.25) is 5.91 Å². The largest absolute Gasteiger partial charge is 0.494 e. The Balaban J connectivity index is 1.96. The van der Waals surface area contributed by atoms with Gasteiger partial charge in [-0.3, -0.25) is 9.59 Å². The Morgan fingerprint density at radius 2 is 1.95 bits per heavy atom. The van der Waals surface area contributed by atoms with Crippen molar-refractivity contribution < 1.29 is 14.7 Å². The van der Waals surface area contributed by atoms with E-state index >= 15 is 0 Å². The fourth-order valence-electron chi connectivity index (χ4n) is 2.55. The number of primary amides is 1. The molecule has 5 heteroatoms. The minimum atomic E-state index is -0.456. The molecule has 5 nitrogen and oxygen atoms in total. The van der Waals surface area contributed by atoms with Gasteiger partial charge in [-0.25, -0.2) is 0 Å². The molecule has 0 aliphatic carbocycles. The minimum Gasteiger partial charge on any atom is -0.494 e. The summed E-state index contributed by atoms with van der Waals surface area (Å²) in [5, 5.41) is 10.4. The van der Waals surface area contributed by atoms with Crippen LogP contribution < -0.4 is 5.73 Å². The molecule has 22 heavy (non-hydrogen) atoms. The van der Waals surface area contributed by atoms with Crippen LogP contribution in [-0.2, 0) is 6.42 Å². The van der Waals surface area contributed by atoms with E-state index in [0.717, 1.165) is 11.1 Å². The molecule has 0 atom stereocenters. The Labute approximate surface area is 126 Å². The summed E-state index contributed by atoms with van der Waals surface area (Å²) in [6, 6.07) is 12.7. The van der Waals surface area contributed by atoms with E-state index in [1.54, 1.807) is 24.3 Å². The lowest BCUT2D eigenvalue weighted by molar-refractivity contribution is 0.0999. The Bertz CT molecular complexity index is 881. The van der Waals surface area contributed by atoms with Crippen LogP contribution in [0.15, 0.2) is 42.5 Å². The highest BCUT2D eigenvalue weighted by Crippen LogP contribution is 2.27. The predicted molar refractivity (Wildman–Crippen MR) is 83.1 cm³/mol. The summed E-state index contributed by atoms with van der Waals surface area (Å²) in [7, 11) is 0. The highest BCUT2D eigenvalue weighted by atomic mass is 16.3. The molecule has 4 N–H and O–H groups in total. The lowest BCUT2D eigenvalue weighted by atomic mass is 10.0. The van der Waals surface area contributed by atoms with Gasteiger partial charge in [0.15, 0.2) is 12.2 Å². The summed E-state index contributed by atoms with van der Waals surface area (Å²) in [6.07, 6.45) is 1.25. The molecule has 1 heterocycles. The van der Waals surface area contributed by atoms with Crippen LogP contribution in [0.2, 0.25) is 0 Å². The molecule has 110 valence electrons. The number of aromatic nitrogens is 1. The fraction of sp³-hybridized carbons (Fsp3) is 0.0588. The van der Waals surface area contributed by atoms with Crippen molar-refractivity contribution in [1.82, 2.24) is 4.98 Å². The summed E-state index contributed by atoms with van der Waals surface area (Å²) in [5.41, 5.74) is 8.66.